The van der Waals surface area contributed by atoms with E-state index in [1.165, 1.54) is 0 Å². The summed E-state index contributed by atoms with van der Waals surface area (Å²) in [7, 11) is 0. The largest absolute Gasteiger partial charge is 0.478 e. The molecule has 198 valence electrons. The second-order valence-corrected chi connectivity index (χ2v) is 12.9. The lowest BCUT2D eigenvalue weighted by Gasteiger charge is -2.47. The number of carbonyl (C=O) groups excluding carboxylic acids is 1. The Hall–Kier alpha value is -3.09. The van der Waals surface area contributed by atoms with Crippen LogP contribution in [-0.4, -0.2) is 43.2 Å². The van der Waals surface area contributed by atoms with Gasteiger partial charge in [0.15, 0.2) is 5.71 Å². The zero-order chi connectivity index (χ0) is 27.0. The van der Waals surface area contributed by atoms with E-state index in [4.69, 9.17) is 4.99 Å². The summed E-state index contributed by atoms with van der Waals surface area (Å²) in [6.45, 7) is 13.5. The minimum absolute atomic E-state index is 0.0771. The van der Waals surface area contributed by atoms with E-state index < -0.39 is 11.6 Å². The van der Waals surface area contributed by atoms with Crippen LogP contribution in [-0.2, 0) is 4.79 Å². The van der Waals surface area contributed by atoms with Crippen LogP contribution in [0.4, 0.5) is 0 Å². The van der Waals surface area contributed by atoms with Crippen molar-refractivity contribution < 1.29 is 14.7 Å². The van der Waals surface area contributed by atoms with E-state index in [0.717, 1.165) is 44.1 Å². The van der Waals surface area contributed by atoms with Gasteiger partial charge in [0.05, 0.1) is 17.8 Å². The minimum Gasteiger partial charge on any atom is -0.478 e. The highest BCUT2D eigenvalue weighted by Crippen LogP contribution is 2.50. The zero-order valence-electron chi connectivity index (χ0n) is 23.0. The van der Waals surface area contributed by atoms with Gasteiger partial charge in [0.25, 0.3) is 5.91 Å². The van der Waals surface area contributed by atoms with Gasteiger partial charge in [-0.3, -0.25) is 14.8 Å². The van der Waals surface area contributed by atoms with E-state index in [2.05, 4.69) is 51.5 Å². The summed E-state index contributed by atoms with van der Waals surface area (Å²) in [4.78, 5) is 41.5. The van der Waals surface area contributed by atoms with Crippen LogP contribution in [0.25, 0.3) is 0 Å². The van der Waals surface area contributed by atoms with Crippen LogP contribution in [0.3, 0.4) is 0 Å². The molecule has 1 aliphatic heterocycles. The molecule has 2 aromatic rings. The molecule has 7 nitrogen and oxygen atoms in total. The molecule has 1 fully saturated rings. The summed E-state index contributed by atoms with van der Waals surface area (Å²) >= 11 is 0. The van der Waals surface area contributed by atoms with Gasteiger partial charge in [-0.1, -0.05) is 53.7 Å². The van der Waals surface area contributed by atoms with Gasteiger partial charge in [0.1, 0.15) is 11.4 Å². The maximum Gasteiger partial charge on any atom is 0.335 e. The third-order valence-corrected chi connectivity index (χ3v) is 8.03. The molecule has 1 aromatic heterocycles. The molecule has 1 amide bonds. The summed E-state index contributed by atoms with van der Waals surface area (Å²) < 4.78 is 0. The van der Waals surface area contributed by atoms with Gasteiger partial charge in [-0.25, -0.2) is 9.79 Å². The van der Waals surface area contributed by atoms with Crippen molar-refractivity contribution in [2.75, 3.05) is 0 Å². The number of hydrogen-bond acceptors (Lipinski definition) is 5. The molecule has 1 atom stereocenters. The van der Waals surface area contributed by atoms with Crippen molar-refractivity contribution in [1.82, 2.24) is 14.9 Å². The van der Waals surface area contributed by atoms with E-state index in [-0.39, 0.29) is 28.3 Å². The third-order valence-electron chi connectivity index (χ3n) is 8.03. The maximum absolute atomic E-state index is 14.2. The van der Waals surface area contributed by atoms with E-state index in [1.807, 2.05) is 17.0 Å². The maximum atomic E-state index is 14.2. The standard InChI is InChI=1S/C30H40N4O3/c1-28(2,3)14-13-24(20-7-9-21(10-8-20)27(36)37)34-26(35)25(23-19-31-17-18-32-23)33-30(34)15-11-22(12-16-30)29(4,5)6/h7-10,17-19,22,24H,11-16H2,1-6H3,(H,36,37). The highest BCUT2D eigenvalue weighted by atomic mass is 16.4. The number of benzene rings is 1. The Morgan fingerprint density at radius 3 is 2.24 bits per heavy atom. The molecule has 2 heterocycles. The smallest absolute Gasteiger partial charge is 0.335 e. The van der Waals surface area contributed by atoms with Crippen LogP contribution in [0, 0.1) is 16.7 Å². The number of carbonyl (C=O) groups is 2. The highest BCUT2D eigenvalue weighted by Gasteiger charge is 2.53. The summed E-state index contributed by atoms with van der Waals surface area (Å²) in [6.07, 6.45) is 10.1. The Morgan fingerprint density at radius 2 is 1.73 bits per heavy atom. The molecule has 1 spiro atoms. The molecule has 1 N–H and O–H groups in total. The number of carboxylic acids is 1. The van der Waals surface area contributed by atoms with E-state index in [9.17, 15) is 14.7 Å². The molecule has 0 bridgehead atoms. The fraction of sp³-hybridized carbons (Fsp3) is 0.567. The Bertz CT molecular complexity index is 1150. The lowest BCUT2D eigenvalue weighted by atomic mass is 9.69. The molecule has 1 aliphatic carbocycles. The van der Waals surface area contributed by atoms with Gasteiger partial charge in [0, 0.05) is 12.4 Å². The number of aromatic carboxylic acids is 1. The van der Waals surface area contributed by atoms with Crippen LogP contribution >= 0.6 is 0 Å². The van der Waals surface area contributed by atoms with Gasteiger partial charge in [-0.2, -0.15) is 0 Å². The summed E-state index contributed by atoms with van der Waals surface area (Å²) in [5.74, 6) is -0.509. The predicted octanol–water partition coefficient (Wildman–Crippen LogP) is 6.31. The van der Waals surface area contributed by atoms with Crippen LogP contribution in [0.2, 0.25) is 0 Å². The zero-order valence-corrected chi connectivity index (χ0v) is 23.0. The highest BCUT2D eigenvalue weighted by molar-refractivity contribution is 6.46. The monoisotopic (exact) mass is 504 g/mol. The number of rotatable bonds is 6. The Kier molecular flexibility index (Phi) is 7.28. The third kappa shape index (κ3) is 5.76. The van der Waals surface area contributed by atoms with E-state index in [1.54, 1.807) is 30.7 Å². The van der Waals surface area contributed by atoms with Crippen molar-refractivity contribution in [3.63, 3.8) is 0 Å². The number of aliphatic imine (C=N–C) groups is 1. The van der Waals surface area contributed by atoms with Gasteiger partial charge < -0.3 is 10.0 Å². The fourth-order valence-electron chi connectivity index (χ4n) is 5.79. The number of hydrogen-bond donors (Lipinski definition) is 1. The minimum atomic E-state index is -0.958. The average molecular weight is 505 g/mol. The van der Waals surface area contributed by atoms with Gasteiger partial charge in [0.2, 0.25) is 0 Å². The lowest BCUT2D eigenvalue weighted by molar-refractivity contribution is -0.134. The lowest BCUT2D eigenvalue weighted by Crippen LogP contribution is -2.51. The predicted molar refractivity (Wildman–Crippen MR) is 144 cm³/mol. The topological polar surface area (TPSA) is 95.8 Å². The van der Waals surface area contributed by atoms with Gasteiger partial charge in [-0.15, -0.1) is 0 Å². The van der Waals surface area contributed by atoms with Crippen LogP contribution in [0.15, 0.2) is 47.8 Å². The Balaban J connectivity index is 1.78. The molecular formula is C30H40N4O3. The average Bonchev–Trinajstić information content (AvgIpc) is 3.11. The molecule has 1 aromatic carbocycles. The van der Waals surface area contributed by atoms with Gasteiger partial charge in [-0.05, 0) is 73.0 Å². The second kappa shape index (κ2) is 9.99. The fourth-order valence-corrected chi connectivity index (χ4v) is 5.79. The van der Waals surface area contributed by atoms with Crippen LogP contribution < -0.4 is 0 Å². The van der Waals surface area contributed by atoms with Gasteiger partial charge >= 0.3 is 5.97 Å². The molecule has 0 radical (unpaired) electrons. The van der Waals surface area contributed by atoms with Crippen molar-refractivity contribution >= 4 is 17.6 Å². The molecular weight excluding hydrogens is 464 g/mol. The van der Waals surface area contributed by atoms with Crippen molar-refractivity contribution in [2.45, 2.75) is 91.8 Å². The van der Waals surface area contributed by atoms with E-state index >= 15 is 0 Å². The quantitative estimate of drug-likeness (QED) is 0.498. The first-order valence-electron chi connectivity index (χ1n) is 13.3. The molecule has 37 heavy (non-hydrogen) atoms. The number of amides is 1. The molecule has 7 heteroatoms. The van der Waals surface area contributed by atoms with Crippen molar-refractivity contribution in [3.05, 3.63) is 59.7 Å². The molecule has 4 rings (SSSR count). The molecule has 1 saturated carbocycles. The first-order valence-corrected chi connectivity index (χ1v) is 13.3. The van der Waals surface area contributed by atoms with Crippen molar-refractivity contribution in [1.29, 1.82) is 0 Å². The Morgan fingerprint density at radius 1 is 1.08 bits per heavy atom. The first-order chi connectivity index (χ1) is 17.3. The molecule has 1 unspecified atom stereocenters. The number of carboxylic acid groups (broad SMARTS) is 1. The molecule has 0 saturated heterocycles. The van der Waals surface area contributed by atoms with Crippen molar-refractivity contribution in [2.24, 2.45) is 21.7 Å². The number of aromatic nitrogens is 2. The second-order valence-electron chi connectivity index (χ2n) is 12.9. The van der Waals surface area contributed by atoms with E-state index in [0.29, 0.717) is 17.3 Å². The summed E-state index contributed by atoms with van der Waals surface area (Å²) in [5.41, 5.74) is 1.70. The van der Waals surface area contributed by atoms with Crippen LogP contribution in [0.5, 0.6) is 0 Å². The number of nitrogens with zero attached hydrogens (tertiary/aromatic N) is 4. The SMILES string of the molecule is CC(C)(C)CCC(c1ccc(C(=O)O)cc1)N1C(=O)C(c2cnccn2)=NC12CCC(C(C)(C)C)CC2. The van der Waals surface area contributed by atoms with Crippen LogP contribution in [0.1, 0.15) is 108 Å². The van der Waals surface area contributed by atoms with Crippen molar-refractivity contribution in [3.8, 4) is 0 Å². The summed E-state index contributed by atoms with van der Waals surface area (Å²) in [5, 5.41) is 9.43. The Labute approximate surface area is 220 Å². The summed E-state index contributed by atoms with van der Waals surface area (Å²) in [6, 6.07) is 6.77. The molecule has 2 aliphatic rings. The normalized spacial score (nSPS) is 23.3. The first kappa shape index (κ1) is 27.0.